The number of nitrogens with zero attached hydrogens (tertiary/aromatic N) is 2. The number of hydrogen-bond acceptors (Lipinski definition) is 5. The van der Waals surface area contributed by atoms with Crippen molar-refractivity contribution in [3.63, 3.8) is 0 Å². The SMILES string of the molecule is N#C[C@H](Cc1ccc(N2CCC3COCC3C2)cc1F)NC(=O)C1NC2CCC1C2. The minimum absolute atomic E-state index is 0.132. The zero-order valence-electron chi connectivity index (χ0n) is 17.1. The molecule has 4 fully saturated rings. The number of carbonyl (C=O) groups excluding carboxylic acids is 1. The summed E-state index contributed by atoms with van der Waals surface area (Å²) < 4.78 is 20.4. The third-order valence-electron chi connectivity index (χ3n) is 7.50. The van der Waals surface area contributed by atoms with Crippen molar-refractivity contribution in [2.24, 2.45) is 17.8 Å². The number of hydrogen-bond donors (Lipinski definition) is 2. The molecule has 0 aromatic heterocycles. The lowest BCUT2D eigenvalue weighted by molar-refractivity contribution is -0.124. The highest BCUT2D eigenvalue weighted by molar-refractivity contribution is 5.83. The first-order valence-corrected chi connectivity index (χ1v) is 11.2. The van der Waals surface area contributed by atoms with Crippen molar-refractivity contribution in [1.82, 2.24) is 10.6 Å². The summed E-state index contributed by atoms with van der Waals surface area (Å²) in [5, 5.41) is 15.7. The molecule has 6 nitrogen and oxygen atoms in total. The second-order valence-corrected chi connectivity index (χ2v) is 9.38. The van der Waals surface area contributed by atoms with Crippen LogP contribution in [0.25, 0.3) is 0 Å². The number of nitrogens with one attached hydrogen (secondary N) is 2. The molecule has 3 saturated heterocycles. The molecule has 0 spiro atoms. The lowest BCUT2D eigenvalue weighted by atomic mass is 9.88. The Bertz CT molecular complexity index is 856. The van der Waals surface area contributed by atoms with Gasteiger partial charge in [-0.2, -0.15) is 5.26 Å². The molecule has 4 aliphatic rings. The third kappa shape index (κ3) is 3.79. The maximum Gasteiger partial charge on any atom is 0.238 e. The summed E-state index contributed by atoms with van der Waals surface area (Å²) >= 11 is 0. The number of rotatable bonds is 5. The van der Waals surface area contributed by atoms with Gasteiger partial charge in [-0.3, -0.25) is 4.79 Å². The van der Waals surface area contributed by atoms with Crippen LogP contribution in [0.5, 0.6) is 0 Å². The molecule has 6 atom stereocenters. The summed E-state index contributed by atoms with van der Waals surface area (Å²) in [7, 11) is 0. The molecule has 2 N–H and O–H groups in total. The number of anilines is 1. The van der Waals surface area contributed by atoms with Crippen LogP contribution < -0.4 is 15.5 Å². The molecule has 0 radical (unpaired) electrons. The minimum atomic E-state index is -0.731. The van der Waals surface area contributed by atoms with Crippen LogP contribution in [0.3, 0.4) is 0 Å². The highest BCUT2D eigenvalue weighted by Crippen LogP contribution is 2.35. The molecule has 3 aliphatic heterocycles. The van der Waals surface area contributed by atoms with E-state index >= 15 is 0 Å². The Morgan fingerprint density at radius 3 is 2.90 bits per heavy atom. The Kier molecular flexibility index (Phi) is 5.38. The van der Waals surface area contributed by atoms with Gasteiger partial charge in [-0.1, -0.05) is 6.07 Å². The molecule has 30 heavy (non-hydrogen) atoms. The first-order valence-electron chi connectivity index (χ1n) is 11.2. The van der Waals surface area contributed by atoms with Crippen LogP contribution in [0.2, 0.25) is 0 Å². The van der Waals surface area contributed by atoms with Gasteiger partial charge in [0, 0.05) is 43.8 Å². The molecule has 2 bridgehead atoms. The Labute approximate surface area is 176 Å². The molecule has 3 heterocycles. The average Bonchev–Trinajstić information content (AvgIpc) is 3.50. The fraction of sp³-hybridized carbons (Fsp3) is 0.652. The van der Waals surface area contributed by atoms with Gasteiger partial charge in [0.15, 0.2) is 0 Å². The Morgan fingerprint density at radius 2 is 2.17 bits per heavy atom. The van der Waals surface area contributed by atoms with Gasteiger partial charge in [-0.05, 0) is 55.2 Å². The van der Waals surface area contributed by atoms with Gasteiger partial charge in [-0.15, -0.1) is 0 Å². The number of carbonyl (C=O) groups is 1. The van der Waals surface area contributed by atoms with Crippen LogP contribution in [0.15, 0.2) is 18.2 Å². The van der Waals surface area contributed by atoms with Gasteiger partial charge in [-0.25, -0.2) is 4.39 Å². The molecule has 1 saturated carbocycles. The quantitative estimate of drug-likeness (QED) is 0.774. The number of fused-ring (bicyclic) bond motifs is 3. The first-order chi connectivity index (χ1) is 14.6. The molecule has 1 amide bonds. The van der Waals surface area contributed by atoms with E-state index in [1.165, 1.54) is 0 Å². The highest BCUT2D eigenvalue weighted by atomic mass is 19.1. The summed E-state index contributed by atoms with van der Waals surface area (Å²) in [5.41, 5.74) is 1.34. The Balaban J connectivity index is 1.21. The van der Waals surface area contributed by atoms with E-state index in [1.54, 1.807) is 12.1 Å². The molecule has 5 unspecified atom stereocenters. The molecular weight excluding hydrogens is 383 g/mol. The zero-order chi connectivity index (χ0) is 20.7. The lowest BCUT2D eigenvalue weighted by Crippen LogP contribution is -2.50. The second kappa shape index (κ2) is 8.16. The van der Waals surface area contributed by atoms with Crippen molar-refractivity contribution in [2.45, 2.75) is 50.2 Å². The molecule has 1 aromatic carbocycles. The fourth-order valence-corrected chi connectivity index (χ4v) is 5.75. The van der Waals surface area contributed by atoms with Crippen molar-refractivity contribution in [1.29, 1.82) is 5.26 Å². The predicted molar refractivity (Wildman–Crippen MR) is 110 cm³/mol. The van der Waals surface area contributed by atoms with E-state index in [-0.39, 0.29) is 24.2 Å². The molecule has 7 heteroatoms. The third-order valence-corrected chi connectivity index (χ3v) is 7.50. The van der Waals surface area contributed by atoms with Crippen molar-refractivity contribution >= 4 is 11.6 Å². The molecule has 1 aromatic rings. The summed E-state index contributed by atoms with van der Waals surface area (Å²) in [6, 6.07) is 6.87. The predicted octanol–water partition coefficient (Wildman–Crippen LogP) is 1.99. The smallest absolute Gasteiger partial charge is 0.238 e. The maximum absolute atomic E-state index is 14.8. The normalized spacial score (nSPS) is 33.2. The second-order valence-electron chi connectivity index (χ2n) is 9.38. The number of halogens is 1. The van der Waals surface area contributed by atoms with Gasteiger partial charge in [0.1, 0.15) is 11.9 Å². The van der Waals surface area contributed by atoms with Crippen LogP contribution in [0.4, 0.5) is 10.1 Å². The van der Waals surface area contributed by atoms with E-state index in [0.29, 0.717) is 29.4 Å². The summed E-state index contributed by atoms with van der Waals surface area (Å²) in [6.07, 6.45) is 4.48. The standard InChI is InChI=1S/C23H29FN4O2/c24-21-9-20(28-6-5-16-12-30-13-17(16)11-28)4-2-14(21)7-19(10-25)27-23(29)22-15-1-3-18(8-15)26-22/h2,4,9,15-19,22,26H,1,3,5-8,11-13H2,(H,27,29)/t15?,16?,17?,18?,19-,22?/m0/s1. The number of amides is 1. The van der Waals surface area contributed by atoms with Crippen LogP contribution in [0, 0.1) is 34.9 Å². The van der Waals surface area contributed by atoms with Gasteiger partial charge < -0.3 is 20.3 Å². The average molecular weight is 413 g/mol. The summed E-state index contributed by atoms with van der Waals surface area (Å²) in [5.74, 6) is 1.08. The molecule has 160 valence electrons. The number of ether oxygens (including phenoxy) is 1. The van der Waals surface area contributed by atoms with Crippen molar-refractivity contribution < 1.29 is 13.9 Å². The summed E-state index contributed by atoms with van der Waals surface area (Å²) in [6.45, 7) is 3.46. The van der Waals surface area contributed by atoms with Gasteiger partial charge in [0.05, 0.1) is 18.7 Å². The largest absolute Gasteiger partial charge is 0.381 e. The van der Waals surface area contributed by atoms with Crippen LogP contribution in [-0.2, 0) is 16.0 Å². The monoisotopic (exact) mass is 412 g/mol. The van der Waals surface area contributed by atoms with E-state index in [9.17, 15) is 14.4 Å². The number of benzene rings is 1. The molecular formula is C23H29FN4O2. The minimum Gasteiger partial charge on any atom is -0.381 e. The fourth-order valence-electron chi connectivity index (χ4n) is 5.75. The van der Waals surface area contributed by atoms with Gasteiger partial charge in [0.2, 0.25) is 5.91 Å². The molecule has 1 aliphatic carbocycles. The van der Waals surface area contributed by atoms with Crippen molar-refractivity contribution in [2.75, 3.05) is 31.2 Å². The van der Waals surface area contributed by atoms with Crippen molar-refractivity contribution in [3.8, 4) is 6.07 Å². The van der Waals surface area contributed by atoms with Crippen LogP contribution in [0.1, 0.15) is 31.2 Å². The topological polar surface area (TPSA) is 77.4 Å². The van der Waals surface area contributed by atoms with Gasteiger partial charge in [0.25, 0.3) is 0 Å². The number of nitriles is 1. The van der Waals surface area contributed by atoms with E-state index in [4.69, 9.17) is 4.74 Å². The number of piperidine rings is 2. The first kappa shape index (κ1) is 19.8. The highest BCUT2D eigenvalue weighted by Gasteiger charge is 2.43. The van der Waals surface area contributed by atoms with E-state index in [0.717, 1.165) is 57.7 Å². The van der Waals surface area contributed by atoms with E-state index in [2.05, 4.69) is 21.6 Å². The van der Waals surface area contributed by atoms with Crippen molar-refractivity contribution in [3.05, 3.63) is 29.6 Å². The lowest BCUT2D eigenvalue weighted by Gasteiger charge is -2.35. The Hall–Kier alpha value is -2.17. The van der Waals surface area contributed by atoms with Gasteiger partial charge >= 0.3 is 0 Å². The molecule has 5 rings (SSSR count). The van der Waals surface area contributed by atoms with Crippen LogP contribution in [-0.4, -0.2) is 50.3 Å². The van der Waals surface area contributed by atoms with E-state index in [1.807, 2.05) is 6.07 Å². The Morgan fingerprint density at radius 1 is 1.30 bits per heavy atom. The van der Waals surface area contributed by atoms with E-state index < -0.39 is 6.04 Å². The maximum atomic E-state index is 14.8. The zero-order valence-corrected chi connectivity index (χ0v) is 17.1. The summed E-state index contributed by atoms with van der Waals surface area (Å²) in [4.78, 5) is 14.8. The van der Waals surface area contributed by atoms with Crippen LogP contribution >= 0.6 is 0 Å².